The van der Waals surface area contributed by atoms with Crippen molar-refractivity contribution in [2.24, 2.45) is 0 Å². The van der Waals surface area contributed by atoms with Crippen LogP contribution in [0.2, 0.25) is 0 Å². The summed E-state index contributed by atoms with van der Waals surface area (Å²) in [6.07, 6.45) is 6.90. The molecule has 2 heteroatoms. The minimum Gasteiger partial charge on any atom is -0.311 e. The van der Waals surface area contributed by atoms with E-state index in [4.69, 9.17) is 0 Å². The second-order valence-corrected chi connectivity index (χ2v) is 5.89. The third-order valence-corrected chi connectivity index (χ3v) is 3.57. The molecule has 0 heterocycles. The van der Waals surface area contributed by atoms with Crippen molar-refractivity contribution in [2.75, 3.05) is 13.1 Å². The largest absolute Gasteiger partial charge is 0.311 e. The Labute approximate surface area is 95.2 Å². The van der Waals surface area contributed by atoms with Gasteiger partial charge in [0.2, 0.25) is 0 Å². The fraction of sp³-hybridized carbons (Fsp3) is 1.00. The lowest BCUT2D eigenvalue weighted by atomic mass is 9.83. The van der Waals surface area contributed by atoms with Gasteiger partial charge in [-0.15, -0.1) is 0 Å². The Morgan fingerprint density at radius 3 is 2.27 bits per heavy atom. The van der Waals surface area contributed by atoms with Crippen molar-refractivity contribution >= 4 is 0 Å². The van der Waals surface area contributed by atoms with E-state index in [-0.39, 0.29) is 5.54 Å². The number of rotatable bonds is 5. The highest BCUT2D eigenvalue weighted by atomic mass is 15.1. The second-order valence-electron chi connectivity index (χ2n) is 5.89. The molecule has 15 heavy (non-hydrogen) atoms. The molecule has 0 amide bonds. The normalized spacial score (nSPS) is 21.6. The Hall–Kier alpha value is -0.0800. The molecule has 0 unspecified atom stereocenters. The first kappa shape index (κ1) is 13.0. The molecule has 0 aromatic rings. The van der Waals surface area contributed by atoms with Gasteiger partial charge in [0.15, 0.2) is 0 Å². The molecule has 0 spiro atoms. The average molecular weight is 212 g/mol. The molecular weight excluding hydrogens is 184 g/mol. The van der Waals surface area contributed by atoms with E-state index >= 15 is 0 Å². The molecule has 0 aromatic heterocycles. The van der Waals surface area contributed by atoms with E-state index in [1.54, 1.807) is 0 Å². The van der Waals surface area contributed by atoms with Gasteiger partial charge < -0.3 is 10.6 Å². The van der Waals surface area contributed by atoms with Crippen LogP contribution in [0.25, 0.3) is 0 Å². The number of hydrogen-bond donors (Lipinski definition) is 2. The van der Waals surface area contributed by atoms with Crippen molar-refractivity contribution in [3.8, 4) is 0 Å². The van der Waals surface area contributed by atoms with Crippen LogP contribution >= 0.6 is 0 Å². The van der Waals surface area contributed by atoms with Crippen molar-refractivity contribution in [2.45, 2.75) is 70.9 Å². The smallest absolute Gasteiger partial charge is 0.0249 e. The van der Waals surface area contributed by atoms with Crippen LogP contribution in [0.15, 0.2) is 0 Å². The standard InChI is InChI=1S/C13H28N2/c1-5-14-12(2,3)11-15-13(4)9-7-6-8-10-13/h14-15H,5-11H2,1-4H3. The van der Waals surface area contributed by atoms with E-state index in [9.17, 15) is 0 Å². The van der Waals surface area contributed by atoms with E-state index < -0.39 is 0 Å². The molecule has 0 bridgehead atoms. The molecule has 2 nitrogen and oxygen atoms in total. The maximum atomic E-state index is 3.76. The van der Waals surface area contributed by atoms with Crippen molar-refractivity contribution < 1.29 is 0 Å². The molecule has 1 rings (SSSR count). The number of likely N-dealkylation sites (N-methyl/N-ethyl adjacent to an activating group) is 1. The summed E-state index contributed by atoms with van der Waals surface area (Å²) in [7, 11) is 0. The quantitative estimate of drug-likeness (QED) is 0.732. The average Bonchev–Trinajstić information content (AvgIpc) is 2.17. The van der Waals surface area contributed by atoms with E-state index in [1.165, 1.54) is 32.1 Å². The predicted octanol–water partition coefficient (Wildman–Crippen LogP) is 2.69. The van der Waals surface area contributed by atoms with Gasteiger partial charge in [0, 0.05) is 17.6 Å². The third kappa shape index (κ3) is 4.52. The van der Waals surface area contributed by atoms with Crippen LogP contribution in [0.5, 0.6) is 0 Å². The summed E-state index contributed by atoms with van der Waals surface area (Å²) < 4.78 is 0. The van der Waals surface area contributed by atoms with Crippen LogP contribution in [0, 0.1) is 0 Å². The minimum absolute atomic E-state index is 0.217. The first-order valence-corrected chi connectivity index (χ1v) is 6.47. The van der Waals surface area contributed by atoms with Crippen molar-refractivity contribution in [1.29, 1.82) is 0 Å². The SMILES string of the molecule is CCNC(C)(C)CNC1(C)CCCCC1. The van der Waals surface area contributed by atoms with Crippen LogP contribution < -0.4 is 10.6 Å². The Balaban J connectivity index is 2.34. The third-order valence-electron chi connectivity index (χ3n) is 3.57. The molecule has 0 atom stereocenters. The monoisotopic (exact) mass is 212 g/mol. The summed E-state index contributed by atoms with van der Waals surface area (Å²) in [4.78, 5) is 0. The Morgan fingerprint density at radius 2 is 1.73 bits per heavy atom. The summed E-state index contributed by atoms with van der Waals surface area (Å²) in [6, 6.07) is 0. The molecule has 1 saturated carbocycles. The summed E-state index contributed by atoms with van der Waals surface area (Å²) >= 11 is 0. The van der Waals surface area contributed by atoms with Gasteiger partial charge in [-0.1, -0.05) is 26.2 Å². The second kappa shape index (κ2) is 5.31. The van der Waals surface area contributed by atoms with Gasteiger partial charge >= 0.3 is 0 Å². The molecule has 1 aliphatic rings. The van der Waals surface area contributed by atoms with Gasteiger partial charge in [-0.2, -0.15) is 0 Å². The lowest BCUT2D eigenvalue weighted by Gasteiger charge is -2.38. The van der Waals surface area contributed by atoms with Crippen molar-refractivity contribution in [3.63, 3.8) is 0 Å². The Morgan fingerprint density at radius 1 is 1.13 bits per heavy atom. The highest BCUT2D eigenvalue weighted by molar-refractivity contribution is 4.90. The molecule has 1 fully saturated rings. The van der Waals surface area contributed by atoms with Crippen molar-refractivity contribution in [3.05, 3.63) is 0 Å². The number of hydrogen-bond acceptors (Lipinski definition) is 2. The first-order valence-electron chi connectivity index (χ1n) is 6.47. The highest BCUT2D eigenvalue weighted by Gasteiger charge is 2.28. The van der Waals surface area contributed by atoms with E-state index in [0.717, 1.165) is 13.1 Å². The first-order chi connectivity index (χ1) is 6.97. The van der Waals surface area contributed by atoms with Gasteiger partial charge in [-0.05, 0) is 40.2 Å². The Kier molecular flexibility index (Phi) is 4.60. The fourth-order valence-electron chi connectivity index (χ4n) is 2.48. The zero-order valence-corrected chi connectivity index (χ0v) is 10.9. The van der Waals surface area contributed by atoms with Gasteiger partial charge in [-0.3, -0.25) is 0 Å². The lowest BCUT2D eigenvalue weighted by molar-refractivity contribution is 0.226. The molecule has 0 saturated heterocycles. The van der Waals surface area contributed by atoms with Crippen molar-refractivity contribution in [1.82, 2.24) is 10.6 Å². The molecule has 0 radical (unpaired) electrons. The van der Waals surface area contributed by atoms with Gasteiger partial charge in [0.25, 0.3) is 0 Å². The summed E-state index contributed by atoms with van der Waals surface area (Å²) in [6.45, 7) is 11.2. The predicted molar refractivity (Wildman–Crippen MR) is 67.2 cm³/mol. The molecule has 90 valence electrons. The van der Waals surface area contributed by atoms with Gasteiger partial charge in [-0.25, -0.2) is 0 Å². The molecule has 0 aromatic carbocycles. The van der Waals surface area contributed by atoms with Crippen LogP contribution in [0.1, 0.15) is 59.8 Å². The maximum absolute atomic E-state index is 3.76. The van der Waals surface area contributed by atoms with Crippen LogP contribution in [0.4, 0.5) is 0 Å². The van der Waals surface area contributed by atoms with Crippen LogP contribution in [-0.2, 0) is 0 Å². The van der Waals surface area contributed by atoms with E-state index in [0.29, 0.717) is 5.54 Å². The summed E-state index contributed by atoms with van der Waals surface area (Å²) in [5.74, 6) is 0. The topological polar surface area (TPSA) is 24.1 Å². The highest BCUT2D eigenvalue weighted by Crippen LogP contribution is 2.27. The fourth-order valence-corrected chi connectivity index (χ4v) is 2.48. The zero-order valence-electron chi connectivity index (χ0n) is 10.9. The van der Waals surface area contributed by atoms with Crippen LogP contribution in [-0.4, -0.2) is 24.2 Å². The molecule has 2 N–H and O–H groups in total. The summed E-state index contributed by atoms with van der Waals surface area (Å²) in [5, 5.41) is 7.28. The Bertz CT molecular complexity index is 181. The molecule has 0 aliphatic heterocycles. The van der Waals surface area contributed by atoms with E-state index in [2.05, 4.69) is 38.3 Å². The molecule has 1 aliphatic carbocycles. The van der Waals surface area contributed by atoms with E-state index in [1.807, 2.05) is 0 Å². The van der Waals surface area contributed by atoms with Crippen LogP contribution in [0.3, 0.4) is 0 Å². The molecular formula is C13H28N2. The maximum Gasteiger partial charge on any atom is 0.0249 e. The zero-order chi connectivity index (χ0) is 11.4. The lowest BCUT2D eigenvalue weighted by Crippen LogP contribution is -2.54. The number of nitrogens with one attached hydrogen (secondary N) is 2. The van der Waals surface area contributed by atoms with Gasteiger partial charge in [0.1, 0.15) is 0 Å². The van der Waals surface area contributed by atoms with Gasteiger partial charge in [0.05, 0.1) is 0 Å². The summed E-state index contributed by atoms with van der Waals surface area (Å²) in [5.41, 5.74) is 0.611. The minimum atomic E-state index is 0.217.